The summed E-state index contributed by atoms with van der Waals surface area (Å²) >= 11 is 5.92. The molecule has 2 heteroatoms. The van der Waals surface area contributed by atoms with Gasteiger partial charge >= 0.3 is 0 Å². The monoisotopic (exact) mass is 243 g/mol. The van der Waals surface area contributed by atoms with Crippen molar-refractivity contribution in [3.8, 4) is 11.1 Å². The Morgan fingerprint density at radius 2 is 1.59 bits per heavy atom. The van der Waals surface area contributed by atoms with Crippen LogP contribution in [0.5, 0.6) is 0 Å². The molecule has 0 aliphatic heterocycles. The fourth-order valence-corrected chi connectivity index (χ4v) is 2.33. The molecule has 1 fully saturated rings. The minimum Gasteiger partial charge on any atom is -0.321 e. The van der Waals surface area contributed by atoms with Gasteiger partial charge in [0.15, 0.2) is 0 Å². The highest BCUT2D eigenvalue weighted by molar-refractivity contribution is 6.30. The average Bonchev–Trinajstić information content (AvgIpc) is 3.10. The SMILES string of the molecule is NC1(c2ccccc2-c2ccc(Cl)cc2)CC1. The van der Waals surface area contributed by atoms with Crippen molar-refractivity contribution in [3.05, 3.63) is 59.1 Å². The zero-order valence-electron chi connectivity index (χ0n) is 9.49. The van der Waals surface area contributed by atoms with E-state index in [2.05, 4.69) is 24.3 Å². The van der Waals surface area contributed by atoms with Gasteiger partial charge in [0.2, 0.25) is 0 Å². The van der Waals surface area contributed by atoms with Crippen molar-refractivity contribution in [2.75, 3.05) is 0 Å². The Bertz CT molecular complexity index is 541. The normalized spacial score (nSPS) is 16.8. The Labute approximate surface area is 106 Å². The number of halogens is 1. The van der Waals surface area contributed by atoms with Crippen LogP contribution < -0.4 is 5.73 Å². The molecule has 86 valence electrons. The predicted octanol–water partition coefficient (Wildman–Crippen LogP) is 3.95. The first-order valence-electron chi connectivity index (χ1n) is 5.83. The van der Waals surface area contributed by atoms with Crippen molar-refractivity contribution in [2.24, 2.45) is 5.73 Å². The molecule has 17 heavy (non-hydrogen) atoms. The third kappa shape index (κ3) is 1.97. The lowest BCUT2D eigenvalue weighted by Crippen LogP contribution is -2.19. The molecular weight excluding hydrogens is 230 g/mol. The molecule has 0 amide bonds. The Morgan fingerprint density at radius 3 is 2.24 bits per heavy atom. The standard InChI is InChI=1S/C15H14ClN/c16-12-7-5-11(6-8-12)13-3-1-2-4-14(13)15(17)9-10-15/h1-8H,9-10,17H2. The van der Waals surface area contributed by atoms with Crippen LogP contribution in [0.25, 0.3) is 11.1 Å². The maximum absolute atomic E-state index is 6.31. The Kier molecular flexibility index (Phi) is 2.46. The van der Waals surface area contributed by atoms with Crippen LogP contribution in [0.3, 0.4) is 0 Å². The van der Waals surface area contributed by atoms with E-state index in [0.717, 1.165) is 17.9 Å². The lowest BCUT2D eigenvalue weighted by Gasteiger charge is -2.15. The lowest BCUT2D eigenvalue weighted by molar-refractivity contribution is 0.742. The van der Waals surface area contributed by atoms with Gasteiger partial charge in [-0.3, -0.25) is 0 Å². The molecule has 2 aromatic rings. The van der Waals surface area contributed by atoms with Gasteiger partial charge in [0, 0.05) is 10.6 Å². The highest BCUT2D eigenvalue weighted by atomic mass is 35.5. The molecule has 0 aromatic heterocycles. The molecule has 0 heterocycles. The quantitative estimate of drug-likeness (QED) is 0.849. The molecule has 0 spiro atoms. The van der Waals surface area contributed by atoms with Crippen LogP contribution in [0.4, 0.5) is 0 Å². The zero-order valence-corrected chi connectivity index (χ0v) is 10.2. The third-order valence-electron chi connectivity index (χ3n) is 3.41. The second-order valence-corrected chi connectivity index (χ2v) is 5.15. The summed E-state index contributed by atoms with van der Waals surface area (Å²) in [5, 5.41) is 0.764. The maximum Gasteiger partial charge on any atom is 0.0417 e. The van der Waals surface area contributed by atoms with E-state index in [4.69, 9.17) is 17.3 Å². The Morgan fingerprint density at radius 1 is 0.941 bits per heavy atom. The van der Waals surface area contributed by atoms with E-state index in [1.54, 1.807) is 0 Å². The van der Waals surface area contributed by atoms with Crippen molar-refractivity contribution in [2.45, 2.75) is 18.4 Å². The summed E-state index contributed by atoms with van der Waals surface area (Å²) in [5.74, 6) is 0. The predicted molar refractivity (Wildman–Crippen MR) is 72.0 cm³/mol. The number of benzene rings is 2. The second kappa shape index (κ2) is 3.86. The van der Waals surface area contributed by atoms with Crippen LogP contribution in [0.1, 0.15) is 18.4 Å². The van der Waals surface area contributed by atoms with Crippen molar-refractivity contribution in [1.29, 1.82) is 0 Å². The molecule has 0 unspecified atom stereocenters. The van der Waals surface area contributed by atoms with Gasteiger partial charge in [-0.1, -0.05) is 48.0 Å². The number of hydrogen-bond donors (Lipinski definition) is 1. The van der Waals surface area contributed by atoms with Gasteiger partial charge in [0.1, 0.15) is 0 Å². The van der Waals surface area contributed by atoms with Crippen LogP contribution in [0.15, 0.2) is 48.5 Å². The topological polar surface area (TPSA) is 26.0 Å². The van der Waals surface area contributed by atoms with E-state index < -0.39 is 0 Å². The molecule has 0 saturated heterocycles. The fraction of sp³-hybridized carbons (Fsp3) is 0.200. The van der Waals surface area contributed by atoms with Gasteiger partial charge < -0.3 is 5.73 Å². The smallest absolute Gasteiger partial charge is 0.0417 e. The molecule has 2 N–H and O–H groups in total. The summed E-state index contributed by atoms with van der Waals surface area (Å²) in [7, 11) is 0. The van der Waals surface area contributed by atoms with Gasteiger partial charge in [-0.05, 0) is 41.7 Å². The molecule has 0 radical (unpaired) electrons. The molecular formula is C15H14ClN. The van der Waals surface area contributed by atoms with Crippen molar-refractivity contribution in [1.82, 2.24) is 0 Å². The number of hydrogen-bond acceptors (Lipinski definition) is 1. The van der Waals surface area contributed by atoms with Crippen molar-refractivity contribution < 1.29 is 0 Å². The Balaban J connectivity index is 2.11. The van der Waals surface area contributed by atoms with E-state index in [1.807, 2.05) is 24.3 Å². The highest BCUT2D eigenvalue weighted by Crippen LogP contribution is 2.46. The molecule has 1 nitrogen and oxygen atoms in total. The summed E-state index contributed by atoms with van der Waals surface area (Å²) < 4.78 is 0. The lowest BCUT2D eigenvalue weighted by atomic mass is 9.94. The van der Waals surface area contributed by atoms with E-state index in [-0.39, 0.29) is 5.54 Å². The van der Waals surface area contributed by atoms with Crippen LogP contribution in [0.2, 0.25) is 5.02 Å². The third-order valence-corrected chi connectivity index (χ3v) is 3.66. The van der Waals surface area contributed by atoms with Crippen molar-refractivity contribution in [3.63, 3.8) is 0 Å². The zero-order chi connectivity index (χ0) is 11.9. The van der Waals surface area contributed by atoms with E-state index >= 15 is 0 Å². The number of nitrogens with two attached hydrogens (primary N) is 1. The maximum atomic E-state index is 6.31. The van der Waals surface area contributed by atoms with Gasteiger partial charge in [-0.25, -0.2) is 0 Å². The van der Waals surface area contributed by atoms with E-state index in [0.29, 0.717) is 0 Å². The van der Waals surface area contributed by atoms with E-state index in [9.17, 15) is 0 Å². The van der Waals surface area contributed by atoms with Crippen LogP contribution in [-0.2, 0) is 5.54 Å². The Hall–Kier alpha value is -1.31. The summed E-state index contributed by atoms with van der Waals surface area (Å²) in [6, 6.07) is 16.3. The first-order chi connectivity index (χ1) is 8.19. The minimum absolute atomic E-state index is 0.101. The second-order valence-electron chi connectivity index (χ2n) is 4.71. The molecule has 1 saturated carbocycles. The first-order valence-corrected chi connectivity index (χ1v) is 6.21. The summed E-state index contributed by atoms with van der Waals surface area (Å²) in [6.45, 7) is 0. The number of rotatable bonds is 2. The highest BCUT2D eigenvalue weighted by Gasteiger charge is 2.41. The molecule has 3 rings (SSSR count). The molecule has 1 aliphatic carbocycles. The van der Waals surface area contributed by atoms with Crippen LogP contribution >= 0.6 is 11.6 Å². The summed E-state index contributed by atoms with van der Waals surface area (Å²) in [4.78, 5) is 0. The summed E-state index contributed by atoms with van der Waals surface area (Å²) in [6.07, 6.45) is 2.16. The van der Waals surface area contributed by atoms with Crippen molar-refractivity contribution >= 4 is 11.6 Å². The minimum atomic E-state index is -0.101. The van der Waals surface area contributed by atoms with Gasteiger partial charge in [0.05, 0.1) is 0 Å². The fourth-order valence-electron chi connectivity index (χ4n) is 2.20. The molecule has 1 aliphatic rings. The van der Waals surface area contributed by atoms with E-state index in [1.165, 1.54) is 16.7 Å². The van der Waals surface area contributed by atoms with Crippen LogP contribution in [-0.4, -0.2) is 0 Å². The molecule has 0 atom stereocenters. The summed E-state index contributed by atoms with van der Waals surface area (Å²) in [5.41, 5.74) is 9.87. The van der Waals surface area contributed by atoms with Crippen LogP contribution in [0, 0.1) is 0 Å². The van der Waals surface area contributed by atoms with Gasteiger partial charge in [-0.2, -0.15) is 0 Å². The van der Waals surface area contributed by atoms with Gasteiger partial charge in [-0.15, -0.1) is 0 Å². The molecule has 0 bridgehead atoms. The van der Waals surface area contributed by atoms with Gasteiger partial charge in [0.25, 0.3) is 0 Å². The average molecular weight is 244 g/mol. The molecule has 2 aromatic carbocycles. The first kappa shape index (κ1) is 10.8. The largest absolute Gasteiger partial charge is 0.321 e.